The van der Waals surface area contributed by atoms with Gasteiger partial charge in [0.05, 0.1) is 5.52 Å². The van der Waals surface area contributed by atoms with E-state index in [0.717, 1.165) is 30.4 Å². The van der Waals surface area contributed by atoms with E-state index in [0.29, 0.717) is 5.92 Å². The van der Waals surface area contributed by atoms with Crippen LogP contribution in [0.3, 0.4) is 0 Å². The predicted octanol–water partition coefficient (Wildman–Crippen LogP) is 3.23. The number of nitrogens with one attached hydrogen (secondary N) is 1. The molecule has 18 heavy (non-hydrogen) atoms. The molecule has 0 aliphatic carbocycles. The lowest BCUT2D eigenvalue weighted by atomic mass is 9.90. The van der Waals surface area contributed by atoms with Crippen molar-refractivity contribution >= 4 is 10.9 Å². The summed E-state index contributed by atoms with van der Waals surface area (Å²) >= 11 is 0. The second-order valence-corrected chi connectivity index (χ2v) is 4.94. The van der Waals surface area contributed by atoms with E-state index in [1.54, 1.807) is 12.1 Å². The summed E-state index contributed by atoms with van der Waals surface area (Å²) < 4.78 is 13.4. The number of rotatable bonds is 1. The van der Waals surface area contributed by atoms with Crippen LogP contribution < -0.4 is 5.32 Å². The summed E-state index contributed by atoms with van der Waals surface area (Å²) in [5, 5.41) is 4.39. The third kappa shape index (κ3) is 2.23. The molecule has 1 unspecified atom stereocenters. The Morgan fingerprint density at radius 2 is 2.11 bits per heavy atom. The van der Waals surface area contributed by atoms with Crippen molar-refractivity contribution in [1.29, 1.82) is 0 Å². The van der Waals surface area contributed by atoms with Crippen LogP contribution in [0, 0.1) is 5.82 Å². The van der Waals surface area contributed by atoms with Gasteiger partial charge in [-0.1, -0.05) is 0 Å². The smallest absolute Gasteiger partial charge is 0.123 e. The first-order valence-electron chi connectivity index (χ1n) is 6.59. The minimum atomic E-state index is -0.177. The zero-order valence-corrected chi connectivity index (χ0v) is 10.3. The molecule has 1 aliphatic rings. The molecule has 2 nitrogen and oxygen atoms in total. The molecule has 0 spiro atoms. The largest absolute Gasteiger partial charge is 0.317 e. The van der Waals surface area contributed by atoms with E-state index < -0.39 is 0 Å². The topological polar surface area (TPSA) is 24.9 Å². The SMILES string of the molecule is Fc1ccc2nccc(C3CCCNCC3)c2c1. The van der Waals surface area contributed by atoms with Crippen LogP contribution in [0.15, 0.2) is 30.5 Å². The first-order chi connectivity index (χ1) is 8.84. The molecule has 1 aromatic heterocycles. The molecule has 2 aromatic rings. The fourth-order valence-corrected chi connectivity index (χ4v) is 2.83. The van der Waals surface area contributed by atoms with Crippen molar-refractivity contribution < 1.29 is 4.39 Å². The maximum atomic E-state index is 13.4. The lowest BCUT2D eigenvalue weighted by molar-refractivity contribution is 0.611. The van der Waals surface area contributed by atoms with Gasteiger partial charge >= 0.3 is 0 Å². The van der Waals surface area contributed by atoms with Gasteiger partial charge in [0, 0.05) is 11.6 Å². The maximum absolute atomic E-state index is 13.4. The Bertz CT molecular complexity index is 545. The van der Waals surface area contributed by atoms with Crippen molar-refractivity contribution in [3.8, 4) is 0 Å². The third-order valence-corrected chi connectivity index (χ3v) is 3.75. The van der Waals surface area contributed by atoms with Crippen LogP contribution >= 0.6 is 0 Å². The summed E-state index contributed by atoms with van der Waals surface area (Å²) in [6.45, 7) is 2.14. The van der Waals surface area contributed by atoms with E-state index in [-0.39, 0.29) is 5.82 Å². The summed E-state index contributed by atoms with van der Waals surface area (Å²) in [5.74, 6) is 0.343. The van der Waals surface area contributed by atoms with E-state index in [1.165, 1.54) is 24.5 Å². The molecule has 1 aliphatic heterocycles. The average molecular weight is 244 g/mol. The van der Waals surface area contributed by atoms with Gasteiger partial charge < -0.3 is 5.32 Å². The molecule has 3 rings (SSSR count). The predicted molar refractivity (Wildman–Crippen MR) is 71.2 cm³/mol. The molecule has 1 N–H and O–H groups in total. The molecule has 1 aromatic carbocycles. The summed E-state index contributed by atoms with van der Waals surface area (Å²) in [6, 6.07) is 6.92. The van der Waals surface area contributed by atoms with Crippen molar-refractivity contribution in [1.82, 2.24) is 10.3 Å². The lowest BCUT2D eigenvalue weighted by Gasteiger charge is -2.16. The third-order valence-electron chi connectivity index (χ3n) is 3.75. The fraction of sp³-hybridized carbons (Fsp3) is 0.400. The highest BCUT2D eigenvalue weighted by Gasteiger charge is 2.16. The summed E-state index contributed by atoms with van der Waals surface area (Å²) in [7, 11) is 0. The van der Waals surface area contributed by atoms with Crippen LogP contribution in [-0.4, -0.2) is 18.1 Å². The first kappa shape index (κ1) is 11.6. The molecule has 1 fully saturated rings. The van der Waals surface area contributed by atoms with Gasteiger partial charge in [0.15, 0.2) is 0 Å². The summed E-state index contributed by atoms with van der Waals surface area (Å²) in [6.07, 6.45) is 5.32. The number of hydrogen-bond donors (Lipinski definition) is 1. The van der Waals surface area contributed by atoms with Gasteiger partial charge in [-0.25, -0.2) is 4.39 Å². The Morgan fingerprint density at radius 1 is 1.17 bits per heavy atom. The molecule has 0 saturated carbocycles. The second kappa shape index (κ2) is 5.02. The van der Waals surface area contributed by atoms with E-state index in [4.69, 9.17) is 0 Å². The van der Waals surface area contributed by atoms with Gasteiger partial charge in [-0.3, -0.25) is 4.98 Å². The van der Waals surface area contributed by atoms with Crippen LogP contribution in [0.2, 0.25) is 0 Å². The van der Waals surface area contributed by atoms with Gasteiger partial charge in [-0.15, -0.1) is 0 Å². The molecule has 1 saturated heterocycles. The normalized spacial score (nSPS) is 20.8. The highest BCUT2D eigenvalue weighted by Crippen LogP contribution is 2.31. The van der Waals surface area contributed by atoms with Crippen molar-refractivity contribution in [2.45, 2.75) is 25.2 Å². The van der Waals surface area contributed by atoms with Crippen LogP contribution in [0.5, 0.6) is 0 Å². The highest BCUT2D eigenvalue weighted by atomic mass is 19.1. The van der Waals surface area contributed by atoms with Crippen LogP contribution in [0.4, 0.5) is 4.39 Å². The Balaban J connectivity index is 2.06. The molecular formula is C15H17FN2. The molecule has 0 bridgehead atoms. The van der Waals surface area contributed by atoms with Crippen LogP contribution in [0.25, 0.3) is 10.9 Å². The molecule has 0 radical (unpaired) electrons. The van der Waals surface area contributed by atoms with E-state index >= 15 is 0 Å². The van der Waals surface area contributed by atoms with E-state index in [9.17, 15) is 4.39 Å². The van der Waals surface area contributed by atoms with Crippen molar-refractivity contribution in [2.75, 3.05) is 13.1 Å². The Kier molecular flexibility index (Phi) is 3.24. The number of pyridine rings is 1. The molecular weight excluding hydrogens is 227 g/mol. The molecule has 0 amide bonds. The number of nitrogens with zero attached hydrogens (tertiary/aromatic N) is 1. The maximum Gasteiger partial charge on any atom is 0.123 e. The van der Waals surface area contributed by atoms with E-state index in [2.05, 4.69) is 16.4 Å². The van der Waals surface area contributed by atoms with Gasteiger partial charge in [0.2, 0.25) is 0 Å². The van der Waals surface area contributed by atoms with Gasteiger partial charge in [-0.2, -0.15) is 0 Å². The van der Waals surface area contributed by atoms with Crippen molar-refractivity contribution in [3.05, 3.63) is 41.8 Å². The quantitative estimate of drug-likeness (QED) is 0.833. The van der Waals surface area contributed by atoms with Gasteiger partial charge in [-0.05, 0) is 68.1 Å². The number of hydrogen-bond acceptors (Lipinski definition) is 2. The molecule has 2 heterocycles. The Morgan fingerprint density at radius 3 is 3.06 bits per heavy atom. The van der Waals surface area contributed by atoms with Gasteiger partial charge in [0.1, 0.15) is 5.82 Å². The van der Waals surface area contributed by atoms with Crippen molar-refractivity contribution in [2.24, 2.45) is 0 Å². The average Bonchev–Trinajstić information content (AvgIpc) is 2.67. The van der Waals surface area contributed by atoms with Gasteiger partial charge in [0.25, 0.3) is 0 Å². The number of benzene rings is 1. The number of aromatic nitrogens is 1. The van der Waals surface area contributed by atoms with Crippen LogP contribution in [0.1, 0.15) is 30.7 Å². The number of halogens is 1. The Hall–Kier alpha value is -1.48. The Labute approximate surface area is 106 Å². The minimum Gasteiger partial charge on any atom is -0.317 e. The van der Waals surface area contributed by atoms with Crippen molar-refractivity contribution in [3.63, 3.8) is 0 Å². The zero-order valence-electron chi connectivity index (χ0n) is 10.3. The van der Waals surface area contributed by atoms with E-state index in [1.807, 2.05) is 6.20 Å². The molecule has 94 valence electrons. The standard InChI is InChI=1S/C15H17FN2/c16-12-3-4-15-14(10-12)13(6-9-18-15)11-2-1-7-17-8-5-11/h3-4,6,9-11,17H,1-2,5,7-8H2. The zero-order chi connectivity index (χ0) is 12.4. The monoisotopic (exact) mass is 244 g/mol. The highest BCUT2D eigenvalue weighted by molar-refractivity contribution is 5.82. The number of fused-ring (bicyclic) bond motifs is 1. The first-order valence-corrected chi connectivity index (χ1v) is 6.59. The minimum absolute atomic E-state index is 0.177. The fourth-order valence-electron chi connectivity index (χ4n) is 2.83. The lowest BCUT2D eigenvalue weighted by Crippen LogP contribution is -2.13. The molecule has 3 heteroatoms. The van der Waals surface area contributed by atoms with Crippen LogP contribution in [-0.2, 0) is 0 Å². The summed E-state index contributed by atoms with van der Waals surface area (Å²) in [5.41, 5.74) is 2.15. The summed E-state index contributed by atoms with van der Waals surface area (Å²) in [4.78, 5) is 4.32. The second-order valence-electron chi connectivity index (χ2n) is 4.94. The molecule has 1 atom stereocenters.